The Labute approximate surface area is 152 Å². The van der Waals surface area contributed by atoms with Crippen molar-refractivity contribution < 1.29 is 8.42 Å². The second-order valence-corrected chi connectivity index (χ2v) is 7.45. The normalized spacial score (nSPS) is 16.0. The summed E-state index contributed by atoms with van der Waals surface area (Å²) in [5.74, 6) is 1.14. The van der Waals surface area contributed by atoms with Gasteiger partial charge in [0.15, 0.2) is 5.96 Å². The highest BCUT2D eigenvalue weighted by Gasteiger charge is 2.19. The van der Waals surface area contributed by atoms with Gasteiger partial charge in [-0.25, -0.2) is 28.5 Å². The van der Waals surface area contributed by atoms with Crippen LogP contribution < -0.4 is 15.8 Å². The van der Waals surface area contributed by atoms with Gasteiger partial charge in [0.2, 0.25) is 16.0 Å². The van der Waals surface area contributed by atoms with Crippen LogP contribution >= 0.6 is 0 Å². The molecule has 4 N–H and O–H groups in total. The third kappa shape index (κ3) is 4.46. The first-order valence-corrected chi connectivity index (χ1v) is 9.67. The molecule has 138 valence electrons. The first-order valence-electron chi connectivity index (χ1n) is 8.12. The molecule has 9 nitrogen and oxygen atoms in total. The Morgan fingerprint density at radius 2 is 1.81 bits per heavy atom. The summed E-state index contributed by atoms with van der Waals surface area (Å²) in [7, 11) is -3.72. The second-order valence-electron chi connectivity index (χ2n) is 5.89. The number of benzene rings is 1. The minimum Gasteiger partial charge on any atom is -0.370 e. The average Bonchev–Trinajstić information content (AvgIpc) is 2.66. The third-order valence-corrected chi connectivity index (χ3v) is 5.00. The summed E-state index contributed by atoms with van der Waals surface area (Å²) in [6.07, 6.45) is 3.44. The summed E-state index contributed by atoms with van der Waals surface area (Å²) in [6, 6.07) is 8.18. The Morgan fingerprint density at radius 3 is 2.46 bits per heavy atom. The lowest BCUT2D eigenvalue weighted by Crippen LogP contribution is -2.51. The van der Waals surface area contributed by atoms with Gasteiger partial charge in [0.1, 0.15) is 0 Å². The summed E-state index contributed by atoms with van der Waals surface area (Å²) in [5.41, 5.74) is 6.82. The van der Waals surface area contributed by atoms with E-state index in [0.717, 1.165) is 18.7 Å². The molecule has 1 saturated heterocycles. The van der Waals surface area contributed by atoms with E-state index in [1.54, 1.807) is 30.6 Å². The van der Waals surface area contributed by atoms with E-state index in [9.17, 15) is 8.42 Å². The Hall–Kier alpha value is -2.72. The molecule has 3 rings (SSSR count). The van der Waals surface area contributed by atoms with E-state index in [0.29, 0.717) is 25.0 Å². The maximum Gasteiger partial charge on any atom is 0.238 e. The van der Waals surface area contributed by atoms with Crippen molar-refractivity contribution in [3.63, 3.8) is 0 Å². The van der Waals surface area contributed by atoms with Crippen molar-refractivity contribution in [2.75, 3.05) is 31.1 Å². The molecule has 1 aliphatic rings. The largest absolute Gasteiger partial charge is 0.370 e. The van der Waals surface area contributed by atoms with Crippen molar-refractivity contribution in [1.82, 2.24) is 14.9 Å². The van der Waals surface area contributed by atoms with Crippen molar-refractivity contribution in [3.05, 3.63) is 48.3 Å². The zero-order chi connectivity index (χ0) is 18.6. The average molecular weight is 375 g/mol. The highest BCUT2D eigenvalue weighted by Crippen LogP contribution is 2.12. The van der Waals surface area contributed by atoms with Crippen LogP contribution in [0.15, 0.2) is 52.6 Å². The number of primary sulfonamides is 1. The standard InChI is InChI=1S/C16H21N7O2S/c17-15(21-12-13-3-1-4-14(11-13)26(18,24)25)22-7-9-23(10-8-22)16-19-5-2-6-20-16/h1-6,11H,7-10,12H2,(H2,17,21)(H2,18,24,25). The van der Waals surface area contributed by atoms with E-state index >= 15 is 0 Å². The number of hydrogen-bond acceptors (Lipinski definition) is 6. The number of hydrogen-bond donors (Lipinski definition) is 2. The van der Waals surface area contributed by atoms with Gasteiger partial charge in [-0.05, 0) is 23.8 Å². The molecular weight excluding hydrogens is 354 g/mol. The van der Waals surface area contributed by atoms with Gasteiger partial charge in [-0.15, -0.1) is 0 Å². The number of nitrogens with two attached hydrogens (primary N) is 2. The summed E-state index contributed by atoms with van der Waals surface area (Å²) in [6.45, 7) is 3.22. The maximum atomic E-state index is 11.4. The van der Waals surface area contributed by atoms with Crippen molar-refractivity contribution in [2.24, 2.45) is 15.9 Å². The molecule has 1 aromatic heterocycles. The van der Waals surface area contributed by atoms with Crippen molar-refractivity contribution in [3.8, 4) is 0 Å². The van der Waals surface area contributed by atoms with Gasteiger partial charge in [-0.1, -0.05) is 12.1 Å². The maximum absolute atomic E-state index is 11.4. The minimum absolute atomic E-state index is 0.0697. The molecule has 0 aliphatic carbocycles. The quantitative estimate of drug-likeness (QED) is 0.557. The predicted octanol–water partition coefficient (Wildman–Crippen LogP) is -0.239. The molecule has 2 heterocycles. The van der Waals surface area contributed by atoms with Crippen LogP contribution in [0.1, 0.15) is 5.56 Å². The van der Waals surface area contributed by atoms with E-state index < -0.39 is 10.0 Å². The number of rotatable bonds is 4. The van der Waals surface area contributed by atoms with Crippen LogP contribution in [0.5, 0.6) is 0 Å². The molecule has 1 aliphatic heterocycles. The van der Waals surface area contributed by atoms with Crippen LogP contribution in [0.25, 0.3) is 0 Å². The summed E-state index contributed by atoms with van der Waals surface area (Å²) in [4.78, 5) is 17.0. The van der Waals surface area contributed by atoms with Crippen LogP contribution in [0, 0.1) is 0 Å². The number of guanidine groups is 1. The monoisotopic (exact) mass is 375 g/mol. The SMILES string of the molecule is NC(=NCc1cccc(S(N)(=O)=O)c1)N1CCN(c2ncccn2)CC1. The van der Waals surface area contributed by atoms with Gasteiger partial charge in [-0.3, -0.25) is 0 Å². The molecule has 0 saturated carbocycles. The number of piperazine rings is 1. The number of anilines is 1. The van der Waals surface area contributed by atoms with Crippen molar-refractivity contribution in [1.29, 1.82) is 0 Å². The van der Waals surface area contributed by atoms with Gasteiger partial charge < -0.3 is 15.5 Å². The van der Waals surface area contributed by atoms with Crippen LogP contribution in [0.3, 0.4) is 0 Å². The van der Waals surface area contributed by atoms with Crippen LogP contribution in [-0.2, 0) is 16.6 Å². The molecule has 0 atom stereocenters. The molecule has 1 aromatic carbocycles. The second kappa shape index (κ2) is 7.67. The molecule has 26 heavy (non-hydrogen) atoms. The van der Waals surface area contributed by atoms with E-state index in [1.165, 1.54) is 12.1 Å². The zero-order valence-electron chi connectivity index (χ0n) is 14.2. The number of aromatic nitrogens is 2. The van der Waals surface area contributed by atoms with E-state index in [1.807, 2.05) is 4.90 Å². The highest BCUT2D eigenvalue weighted by molar-refractivity contribution is 7.89. The molecule has 2 aromatic rings. The number of sulfonamides is 1. The topological polar surface area (TPSA) is 131 Å². The zero-order valence-corrected chi connectivity index (χ0v) is 15.0. The first kappa shape index (κ1) is 18.1. The fourth-order valence-electron chi connectivity index (χ4n) is 2.68. The Bertz CT molecular complexity index is 878. The molecule has 10 heteroatoms. The predicted molar refractivity (Wildman–Crippen MR) is 99.0 cm³/mol. The summed E-state index contributed by atoms with van der Waals surface area (Å²) >= 11 is 0. The Morgan fingerprint density at radius 1 is 1.12 bits per heavy atom. The van der Waals surface area contributed by atoms with Gasteiger partial charge in [-0.2, -0.15) is 0 Å². The molecular formula is C16H21N7O2S. The Kier molecular flexibility index (Phi) is 5.33. The van der Waals surface area contributed by atoms with Gasteiger partial charge in [0.25, 0.3) is 0 Å². The summed E-state index contributed by atoms with van der Waals surface area (Å²) in [5, 5.41) is 5.15. The smallest absolute Gasteiger partial charge is 0.238 e. The van der Waals surface area contributed by atoms with Crippen molar-refractivity contribution in [2.45, 2.75) is 11.4 Å². The van der Waals surface area contributed by atoms with Gasteiger partial charge in [0, 0.05) is 38.6 Å². The van der Waals surface area contributed by atoms with E-state index in [-0.39, 0.29) is 11.4 Å². The summed E-state index contributed by atoms with van der Waals surface area (Å²) < 4.78 is 22.8. The molecule has 1 fully saturated rings. The lowest BCUT2D eigenvalue weighted by Gasteiger charge is -2.35. The van der Waals surface area contributed by atoms with Gasteiger partial charge in [0.05, 0.1) is 11.4 Å². The van der Waals surface area contributed by atoms with Crippen LogP contribution in [0.4, 0.5) is 5.95 Å². The van der Waals surface area contributed by atoms with Gasteiger partial charge >= 0.3 is 0 Å². The van der Waals surface area contributed by atoms with E-state index in [2.05, 4.69) is 19.9 Å². The van der Waals surface area contributed by atoms with Crippen LogP contribution in [0.2, 0.25) is 0 Å². The third-order valence-electron chi connectivity index (χ3n) is 4.09. The fourth-order valence-corrected chi connectivity index (χ4v) is 3.27. The number of nitrogens with zero attached hydrogens (tertiary/aromatic N) is 5. The minimum atomic E-state index is -3.72. The fraction of sp³-hybridized carbons (Fsp3) is 0.312. The number of aliphatic imine (C=N–C) groups is 1. The Balaban J connectivity index is 1.59. The molecule has 0 amide bonds. The van der Waals surface area contributed by atoms with Crippen LogP contribution in [-0.4, -0.2) is 55.4 Å². The lowest BCUT2D eigenvalue weighted by molar-refractivity contribution is 0.378. The first-order chi connectivity index (χ1) is 12.4. The van der Waals surface area contributed by atoms with Crippen molar-refractivity contribution >= 4 is 21.9 Å². The highest BCUT2D eigenvalue weighted by atomic mass is 32.2. The molecule has 0 radical (unpaired) electrons. The lowest BCUT2D eigenvalue weighted by atomic mass is 10.2. The molecule has 0 bridgehead atoms. The molecule has 0 spiro atoms. The van der Waals surface area contributed by atoms with E-state index in [4.69, 9.17) is 10.9 Å². The molecule has 0 unspecified atom stereocenters.